The van der Waals surface area contributed by atoms with E-state index in [4.69, 9.17) is 11.6 Å². The molecule has 1 aromatic heterocycles. The number of aromatic nitrogens is 1. The van der Waals surface area contributed by atoms with Crippen LogP contribution in [0.1, 0.15) is 19.4 Å². The van der Waals surface area contributed by atoms with E-state index in [0.717, 1.165) is 5.56 Å². The fourth-order valence-corrected chi connectivity index (χ4v) is 3.36. The molecule has 0 saturated heterocycles. The molecule has 0 aliphatic rings. The highest BCUT2D eigenvalue weighted by Gasteiger charge is 2.24. The van der Waals surface area contributed by atoms with Gasteiger partial charge in [0.2, 0.25) is 10.0 Å². The molecule has 0 unspecified atom stereocenters. The third-order valence-corrected chi connectivity index (χ3v) is 4.87. The quantitative estimate of drug-likeness (QED) is 0.860. The van der Waals surface area contributed by atoms with E-state index in [1.807, 2.05) is 44.2 Å². The molecule has 6 heteroatoms. The molecule has 21 heavy (non-hydrogen) atoms. The van der Waals surface area contributed by atoms with Crippen LogP contribution in [0.2, 0.25) is 5.15 Å². The lowest BCUT2D eigenvalue weighted by molar-refractivity contribution is 0.501. The van der Waals surface area contributed by atoms with Crippen LogP contribution in [0, 0.1) is 0 Å². The van der Waals surface area contributed by atoms with E-state index >= 15 is 0 Å². The number of rotatable bonds is 5. The topological polar surface area (TPSA) is 59.1 Å². The minimum Gasteiger partial charge on any atom is -0.244 e. The molecule has 0 bridgehead atoms. The van der Waals surface area contributed by atoms with E-state index < -0.39 is 10.0 Å². The maximum absolute atomic E-state index is 12.3. The monoisotopic (exact) mass is 324 g/mol. The molecular formula is C15H17ClN2O2S. The second kappa shape index (κ2) is 6.13. The minimum atomic E-state index is -3.60. The highest BCUT2D eigenvalue weighted by molar-refractivity contribution is 7.89. The van der Waals surface area contributed by atoms with Gasteiger partial charge in [0, 0.05) is 18.2 Å². The predicted octanol–water partition coefficient (Wildman–Crippen LogP) is 2.99. The lowest BCUT2D eigenvalue weighted by Crippen LogP contribution is -2.36. The Hall–Kier alpha value is -1.43. The highest BCUT2D eigenvalue weighted by Crippen LogP contribution is 2.22. The standard InChI is InChI=1S/C15H17ClN2O2S/c1-15(2,12-6-4-3-5-7-12)11-18-21(19,20)13-8-9-17-14(16)10-13/h3-10,18H,11H2,1-2H3. The summed E-state index contributed by atoms with van der Waals surface area (Å²) in [6.45, 7) is 4.27. The van der Waals surface area contributed by atoms with Crippen molar-refractivity contribution in [2.45, 2.75) is 24.2 Å². The van der Waals surface area contributed by atoms with E-state index in [-0.39, 0.29) is 15.5 Å². The Morgan fingerprint density at radius 1 is 1.19 bits per heavy atom. The zero-order valence-electron chi connectivity index (χ0n) is 11.9. The predicted molar refractivity (Wildman–Crippen MR) is 83.9 cm³/mol. The van der Waals surface area contributed by atoms with Crippen molar-refractivity contribution < 1.29 is 8.42 Å². The maximum atomic E-state index is 12.3. The van der Waals surface area contributed by atoms with Crippen molar-refractivity contribution >= 4 is 21.6 Å². The highest BCUT2D eigenvalue weighted by atomic mass is 35.5. The van der Waals surface area contributed by atoms with E-state index in [1.54, 1.807) is 0 Å². The summed E-state index contributed by atoms with van der Waals surface area (Å²) in [4.78, 5) is 3.90. The van der Waals surface area contributed by atoms with Gasteiger partial charge in [-0.3, -0.25) is 0 Å². The second-order valence-corrected chi connectivity index (χ2v) is 7.54. The van der Waals surface area contributed by atoms with Crippen LogP contribution in [-0.4, -0.2) is 19.9 Å². The van der Waals surface area contributed by atoms with Crippen LogP contribution in [0.25, 0.3) is 0 Å². The minimum absolute atomic E-state index is 0.117. The van der Waals surface area contributed by atoms with Gasteiger partial charge < -0.3 is 0 Å². The molecule has 0 fully saturated rings. The number of benzene rings is 1. The molecule has 2 aromatic rings. The van der Waals surface area contributed by atoms with Gasteiger partial charge in [0.15, 0.2) is 0 Å². The molecule has 112 valence electrons. The third kappa shape index (κ3) is 4.03. The van der Waals surface area contributed by atoms with Gasteiger partial charge in [0.1, 0.15) is 5.15 Å². The largest absolute Gasteiger partial charge is 0.244 e. The zero-order valence-corrected chi connectivity index (χ0v) is 13.4. The van der Waals surface area contributed by atoms with Crippen molar-refractivity contribution in [2.24, 2.45) is 0 Å². The van der Waals surface area contributed by atoms with Gasteiger partial charge in [-0.15, -0.1) is 0 Å². The van der Waals surface area contributed by atoms with Crippen molar-refractivity contribution in [3.63, 3.8) is 0 Å². The summed E-state index contributed by atoms with van der Waals surface area (Å²) < 4.78 is 27.2. The van der Waals surface area contributed by atoms with Crippen LogP contribution in [0.5, 0.6) is 0 Å². The van der Waals surface area contributed by atoms with E-state index in [9.17, 15) is 8.42 Å². The molecule has 0 aliphatic carbocycles. The smallest absolute Gasteiger partial charge is 0.240 e. The number of pyridine rings is 1. The molecule has 0 spiro atoms. The lowest BCUT2D eigenvalue weighted by atomic mass is 9.85. The van der Waals surface area contributed by atoms with Gasteiger partial charge in [-0.2, -0.15) is 0 Å². The summed E-state index contributed by atoms with van der Waals surface area (Å²) >= 11 is 5.73. The van der Waals surface area contributed by atoms with Crippen molar-refractivity contribution in [2.75, 3.05) is 6.54 Å². The molecule has 0 atom stereocenters. The summed E-state index contributed by atoms with van der Waals surface area (Å²) in [5, 5.41) is 0.153. The Labute approximate surface area is 130 Å². The van der Waals surface area contributed by atoms with Crippen molar-refractivity contribution in [3.05, 3.63) is 59.4 Å². The van der Waals surface area contributed by atoms with E-state index in [2.05, 4.69) is 9.71 Å². The molecule has 0 aliphatic heterocycles. The van der Waals surface area contributed by atoms with Gasteiger partial charge in [-0.25, -0.2) is 18.1 Å². The molecular weight excluding hydrogens is 308 g/mol. The first kappa shape index (κ1) is 15.9. The number of halogens is 1. The Kier molecular flexibility index (Phi) is 4.66. The van der Waals surface area contributed by atoms with Gasteiger partial charge in [-0.1, -0.05) is 55.8 Å². The fraction of sp³-hybridized carbons (Fsp3) is 0.267. The van der Waals surface area contributed by atoms with Crippen LogP contribution in [-0.2, 0) is 15.4 Å². The summed E-state index contributed by atoms with van der Waals surface area (Å²) in [6.07, 6.45) is 1.37. The van der Waals surface area contributed by atoms with Gasteiger partial charge >= 0.3 is 0 Å². The van der Waals surface area contributed by atoms with Crippen molar-refractivity contribution in [3.8, 4) is 0 Å². The first-order valence-corrected chi connectivity index (χ1v) is 8.34. The second-order valence-electron chi connectivity index (χ2n) is 5.39. The molecule has 0 saturated carbocycles. The summed E-state index contributed by atoms with van der Waals surface area (Å²) in [6, 6.07) is 12.5. The molecule has 0 radical (unpaired) electrons. The SMILES string of the molecule is CC(C)(CNS(=O)(=O)c1ccnc(Cl)c1)c1ccccc1. The Morgan fingerprint density at radius 2 is 1.86 bits per heavy atom. The Bertz CT molecular complexity index is 715. The van der Waals surface area contributed by atoms with E-state index in [0.29, 0.717) is 6.54 Å². The summed E-state index contributed by atoms with van der Waals surface area (Å²) in [5.74, 6) is 0. The first-order chi connectivity index (χ1) is 9.81. The third-order valence-electron chi connectivity index (χ3n) is 3.27. The van der Waals surface area contributed by atoms with Gasteiger partial charge in [0.05, 0.1) is 4.90 Å². The number of sulfonamides is 1. The number of nitrogens with zero attached hydrogens (tertiary/aromatic N) is 1. The molecule has 2 rings (SSSR count). The number of hydrogen-bond donors (Lipinski definition) is 1. The van der Waals surface area contributed by atoms with Crippen LogP contribution < -0.4 is 4.72 Å². The van der Waals surface area contributed by atoms with Crippen molar-refractivity contribution in [1.29, 1.82) is 0 Å². The summed E-state index contributed by atoms with van der Waals surface area (Å²) in [5.41, 5.74) is 0.756. The van der Waals surface area contributed by atoms with Crippen molar-refractivity contribution in [1.82, 2.24) is 9.71 Å². The van der Waals surface area contributed by atoms with Crippen LogP contribution in [0.3, 0.4) is 0 Å². The van der Waals surface area contributed by atoms with Gasteiger partial charge in [-0.05, 0) is 17.7 Å². The molecule has 0 amide bonds. The Balaban J connectivity index is 2.15. The maximum Gasteiger partial charge on any atom is 0.240 e. The molecule has 1 N–H and O–H groups in total. The zero-order chi connectivity index (χ0) is 15.5. The average molecular weight is 325 g/mol. The normalized spacial score (nSPS) is 12.3. The van der Waals surface area contributed by atoms with Crippen LogP contribution in [0.15, 0.2) is 53.6 Å². The first-order valence-electron chi connectivity index (χ1n) is 6.48. The number of hydrogen-bond acceptors (Lipinski definition) is 3. The Morgan fingerprint density at radius 3 is 2.48 bits per heavy atom. The summed E-state index contributed by atoms with van der Waals surface area (Å²) in [7, 11) is -3.60. The molecule has 1 aromatic carbocycles. The van der Waals surface area contributed by atoms with Gasteiger partial charge in [0.25, 0.3) is 0 Å². The number of nitrogens with one attached hydrogen (secondary N) is 1. The van der Waals surface area contributed by atoms with Crippen LogP contribution >= 0.6 is 11.6 Å². The molecule has 4 nitrogen and oxygen atoms in total. The lowest BCUT2D eigenvalue weighted by Gasteiger charge is -2.25. The fourth-order valence-electron chi connectivity index (χ4n) is 1.90. The van der Waals surface area contributed by atoms with Crippen LogP contribution in [0.4, 0.5) is 0 Å². The molecule has 1 heterocycles. The average Bonchev–Trinajstić information content (AvgIpc) is 2.46. The van der Waals surface area contributed by atoms with E-state index in [1.165, 1.54) is 18.3 Å².